The van der Waals surface area contributed by atoms with Gasteiger partial charge in [-0.25, -0.2) is 13.1 Å². The Morgan fingerprint density at radius 2 is 1.59 bits per heavy atom. The Morgan fingerprint density at radius 3 is 2.14 bits per heavy atom. The number of nitrogens with one attached hydrogen (secondary N) is 1. The van der Waals surface area contributed by atoms with Crippen molar-refractivity contribution in [1.29, 1.82) is 0 Å². The van der Waals surface area contributed by atoms with Gasteiger partial charge in [0, 0.05) is 0 Å². The van der Waals surface area contributed by atoms with Gasteiger partial charge in [0.25, 0.3) is 10.0 Å². The highest BCUT2D eigenvalue weighted by Crippen LogP contribution is 2.15. The van der Waals surface area contributed by atoms with E-state index in [0.717, 1.165) is 5.56 Å². The van der Waals surface area contributed by atoms with Gasteiger partial charge in [0.1, 0.15) is 0 Å². The number of hydrogen-bond acceptors (Lipinski definition) is 3. The van der Waals surface area contributed by atoms with Crippen LogP contribution in [0.3, 0.4) is 0 Å². The van der Waals surface area contributed by atoms with Crippen molar-refractivity contribution < 1.29 is 13.2 Å². The zero-order chi connectivity index (χ0) is 16.2. The van der Waals surface area contributed by atoms with Gasteiger partial charge in [-0.05, 0) is 29.2 Å². The molecule has 0 aliphatic heterocycles. The van der Waals surface area contributed by atoms with Gasteiger partial charge in [-0.1, -0.05) is 56.3 Å². The summed E-state index contributed by atoms with van der Waals surface area (Å²) in [6.07, 6.45) is 0.0322. The molecule has 0 radical (unpaired) electrons. The van der Waals surface area contributed by atoms with E-state index < -0.39 is 15.9 Å². The Morgan fingerprint density at radius 1 is 1.00 bits per heavy atom. The lowest BCUT2D eigenvalue weighted by Gasteiger charge is -2.08. The Kier molecular flexibility index (Phi) is 4.98. The van der Waals surface area contributed by atoms with Gasteiger partial charge < -0.3 is 0 Å². The van der Waals surface area contributed by atoms with Crippen molar-refractivity contribution in [2.45, 2.75) is 31.1 Å². The molecule has 0 spiro atoms. The molecular weight excluding hydrogens is 298 g/mol. The highest BCUT2D eigenvalue weighted by molar-refractivity contribution is 7.90. The molecule has 0 atom stereocenters. The standard InChI is InChI=1S/C17H19NO3S/c1-13(2)15-10-8-14(9-11-15)12-17(19)18-22(20,21)16-6-4-3-5-7-16/h3-11,13H,12H2,1-2H3,(H,18,19). The second-order valence-corrected chi connectivity index (χ2v) is 7.10. The summed E-state index contributed by atoms with van der Waals surface area (Å²) in [5.41, 5.74) is 1.96. The molecule has 1 amide bonds. The maximum absolute atomic E-state index is 12.0. The van der Waals surface area contributed by atoms with Crippen LogP contribution >= 0.6 is 0 Å². The van der Waals surface area contributed by atoms with E-state index in [9.17, 15) is 13.2 Å². The SMILES string of the molecule is CC(C)c1ccc(CC(=O)NS(=O)(=O)c2ccccc2)cc1. The third-order valence-electron chi connectivity index (χ3n) is 3.31. The predicted molar refractivity (Wildman–Crippen MR) is 86.0 cm³/mol. The zero-order valence-corrected chi connectivity index (χ0v) is 13.4. The van der Waals surface area contributed by atoms with Crippen molar-refractivity contribution in [1.82, 2.24) is 4.72 Å². The summed E-state index contributed by atoms with van der Waals surface area (Å²) in [5, 5.41) is 0. The molecule has 0 saturated carbocycles. The third-order valence-corrected chi connectivity index (χ3v) is 4.70. The average molecular weight is 317 g/mol. The van der Waals surface area contributed by atoms with Crippen LogP contribution in [0.1, 0.15) is 30.9 Å². The van der Waals surface area contributed by atoms with E-state index >= 15 is 0 Å². The Balaban J connectivity index is 2.04. The molecule has 0 aliphatic rings. The lowest BCUT2D eigenvalue weighted by Crippen LogP contribution is -2.31. The van der Waals surface area contributed by atoms with Crippen LogP contribution in [0.5, 0.6) is 0 Å². The molecule has 2 aromatic rings. The van der Waals surface area contributed by atoms with Gasteiger partial charge in [-0.15, -0.1) is 0 Å². The van der Waals surface area contributed by atoms with Gasteiger partial charge in [0.2, 0.25) is 5.91 Å². The van der Waals surface area contributed by atoms with Crippen LogP contribution in [-0.4, -0.2) is 14.3 Å². The lowest BCUT2D eigenvalue weighted by molar-refractivity contribution is -0.118. The van der Waals surface area contributed by atoms with Crippen molar-refractivity contribution in [2.75, 3.05) is 0 Å². The van der Waals surface area contributed by atoms with E-state index in [2.05, 4.69) is 18.6 Å². The van der Waals surface area contributed by atoms with E-state index in [4.69, 9.17) is 0 Å². The molecule has 0 heterocycles. The van der Waals surface area contributed by atoms with Crippen LogP contribution in [0.2, 0.25) is 0 Å². The molecule has 0 fully saturated rings. The minimum atomic E-state index is -3.80. The number of rotatable bonds is 5. The quantitative estimate of drug-likeness (QED) is 0.922. The lowest BCUT2D eigenvalue weighted by atomic mass is 10.0. The van der Waals surface area contributed by atoms with Crippen molar-refractivity contribution in [3.05, 3.63) is 65.7 Å². The van der Waals surface area contributed by atoms with E-state index in [1.165, 1.54) is 17.7 Å². The number of hydrogen-bond donors (Lipinski definition) is 1. The number of amides is 1. The molecule has 2 aromatic carbocycles. The summed E-state index contributed by atoms with van der Waals surface area (Å²) in [6.45, 7) is 4.18. The number of carbonyl (C=O) groups is 1. The monoisotopic (exact) mass is 317 g/mol. The second kappa shape index (κ2) is 6.75. The normalized spacial score (nSPS) is 11.4. The van der Waals surface area contributed by atoms with E-state index in [1.807, 2.05) is 24.3 Å². The van der Waals surface area contributed by atoms with Crippen LogP contribution < -0.4 is 4.72 Å². The predicted octanol–water partition coefficient (Wildman–Crippen LogP) is 2.86. The van der Waals surface area contributed by atoms with Crippen molar-refractivity contribution in [3.8, 4) is 0 Å². The topological polar surface area (TPSA) is 63.2 Å². The summed E-state index contributed by atoms with van der Waals surface area (Å²) in [7, 11) is -3.80. The molecule has 2 rings (SSSR count). The molecular formula is C17H19NO3S. The first-order valence-corrected chi connectivity index (χ1v) is 8.56. The fourth-order valence-corrected chi connectivity index (χ4v) is 3.06. The molecule has 5 heteroatoms. The van der Waals surface area contributed by atoms with Crippen LogP contribution in [0, 0.1) is 0 Å². The highest BCUT2D eigenvalue weighted by atomic mass is 32.2. The number of carbonyl (C=O) groups excluding carboxylic acids is 1. The average Bonchev–Trinajstić information content (AvgIpc) is 2.48. The first-order chi connectivity index (χ1) is 10.4. The van der Waals surface area contributed by atoms with Gasteiger partial charge in [-0.3, -0.25) is 4.79 Å². The second-order valence-electron chi connectivity index (χ2n) is 5.41. The first kappa shape index (κ1) is 16.2. The summed E-state index contributed by atoms with van der Waals surface area (Å²) in [6, 6.07) is 15.5. The summed E-state index contributed by atoms with van der Waals surface area (Å²) < 4.78 is 26.2. The van der Waals surface area contributed by atoms with Gasteiger partial charge in [0.15, 0.2) is 0 Å². The van der Waals surface area contributed by atoms with Gasteiger partial charge in [0.05, 0.1) is 11.3 Å². The molecule has 0 unspecified atom stereocenters. The largest absolute Gasteiger partial charge is 0.274 e. The zero-order valence-electron chi connectivity index (χ0n) is 12.6. The molecule has 0 saturated heterocycles. The fourth-order valence-electron chi connectivity index (χ4n) is 2.05. The summed E-state index contributed by atoms with van der Waals surface area (Å²) in [4.78, 5) is 12.0. The van der Waals surface area contributed by atoms with Crippen LogP contribution in [0.4, 0.5) is 0 Å². The highest BCUT2D eigenvalue weighted by Gasteiger charge is 2.17. The van der Waals surface area contributed by atoms with E-state index in [-0.39, 0.29) is 11.3 Å². The van der Waals surface area contributed by atoms with Crippen molar-refractivity contribution in [3.63, 3.8) is 0 Å². The summed E-state index contributed by atoms with van der Waals surface area (Å²) in [5.74, 6) is -0.123. The fraction of sp³-hybridized carbons (Fsp3) is 0.235. The summed E-state index contributed by atoms with van der Waals surface area (Å²) >= 11 is 0. The molecule has 4 nitrogen and oxygen atoms in total. The van der Waals surface area contributed by atoms with Gasteiger partial charge in [-0.2, -0.15) is 0 Å². The molecule has 1 N–H and O–H groups in total. The number of benzene rings is 2. The molecule has 22 heavy (non-hydrogen) atoms. The minimum absolute atomic E-state index is 0.0322. The maximum atomic E-state index is 12.0. The third kappa shape index (κ3) is 4.18. The Hall–Kier alpha value is -2.14. The molecule has 0 bridgehead atoms. The Labute approximate surface area is 131 Å². The van der Waals surface area contributed by atoms with E-state index in [1.54, 1.807) is 18.2 Å². The molecule has 116 valence electrons. The van der Waals surface area contributed by atoms with Crippen LogP contribution in [-0.2, 0) is 21.2 Å². The van der Waals surface area contributed by atoms with Crippen molar-refractivity contribution in [2.24, 2.45) is 0 Å². The van der Waals surface area contributed by atoms with Crippen LogP contribution in [0.15, 0.2) is 59.5 Å². The number of sulfonamides is 1. The van der Waals surface area contributed by atoms with Crippen LogP contribution in [0.25, 0.3) is 0 Å². The van der Waals surface area contributed by atoms with E-state index in [0.29, 0.717) is 5.92 Å². The Bertz CT molecular complexity index is 735. The van der Waals surface area contributed by atoms with Crippen molar-refractivity contribution >= 4 is 15.9 Å². The van der Waals surface area contributed by atoms with Gasteiger partial charge >= 0.3 is 0 Å². The smallest absolute Gasteiger partial charge is 0.264 e. The maximum Gasteiger partial charge on any atom is 0.264 e. The molecule has 0 aliphatic carbocycles. The molecule has 0 aromatic heterocycles. The minimum Gasteiger partial charge on any atom is -0.274 e. The first-order valence-electron chi connectivity index (χ1n) is 7.08.